The van der Waals surface area contributed by atoms with Crippen LogP contribution in [0.25, 0.3) is 27.8 Å². The average molecular weight is 643 g/mol. The molecular formula is C48H38N2. The van der Waals surface area contributed by atoms with Gasteiger partial charge >= 0.3 is 0 Å². The topological polar surface area (TPSA) is 6.48 Å². The summed E-state index contributed by atoms with van der Waals surface area (Å²) in [5.74, 6) is 0. The molecule has 2 nitrogen and oxygen atoms in total. The summed E-state index contributed by atoms with van der Waals surface area (Å²) in [4.78, 5) is 4.63. The lowest BCUT2D eigenvalue weighted by Crippen LogP contribution is -2.10. The van der Waals surface area contributed by atoms with E-state index in [9.17, 15) is 0 Å². The minimum Gasteiger partial charge on any atom is -0.311 e. The van der Waals surface area contributed by atoms with Crippen LogP contribution in [0.3, 0.4) is 0 Å². The maximum Gasteiger partial charge on any atom is 0.0462 e. The summed E-state index contributed by atoms with van der Waals surface area (Å²) < 4.78 is 0. The van der Waals surface area contributed by atoms with Gasteiger partial charge in [0.05, 0.1) is 0 Å². The van der Waals surface area contributed by atoms with Gasteiger partial charge < -0.3 is 9.80 Å². The average Bonchev–Trinajstić information content (AvgIpc) is 3.21. The number of allylic oxidation sites excluding steroid dienone is 4. The van der Waals surface area contributed by atoms with E-state index in [0.717, 1.165) is 47.0 Å². The predicted molar refractivity (Wildman–Crippen MR) is 213 cm³/mol. The number of para-hydroxylation sites is 2. The van der Waals surface area contributed by atoms with E-state index in [-0.39, 0.29) is 0 Å². The van der Waals surface area contributed by atoms with Gasteiger partial charge in [-0.05, 0) is 119 Å². The van der Waals surface area contributed by atoms with Crippen LogP contribution in [0.15, 0.2) is 206 Å². The van der Waals surface area contributed by atoms with Gasteiger partial charge in [0, 0.05) is 34.1 Å². The third kappa shape index (κ3) is 6.65. The Morgan fingerprint density at radius 1 is 0.280 bits per heavy atom. The van der Waals surface area contributed by atoms with Crippen LogP contribution in [0.1, 0.15) is 18.4 Å². The third-order valence-corrected chi connectivity index (χ3v) is 9.30. The van der Waals surface area contributed by atoms with Crippen molar-refractivity contribution in [1.82, 2.24) is 0 Å². The van der Waals surface area contributed by atoms with Crippen LogP contribution in [0.5, 0.6) is 0 Å². The second-order valence-corrected chi connectivity index (χ2v) is 12.5. The standard InChI is InChI=1S/C48H38N2/c1-5-13-37(14-6-1)39-21-29-45(30-22-39)49(43-17-9-3-10-18-43)47-33-25-41(26-34-47)42-27-35-48(36-28-42)50(44-19-11-4-12-20-44)46-31-23-40(24-32-46)38-15-7-2-8-16-38/h1,3-7,9-36H,2,8H2. The SMILES string of the molecule is C1=CC(c2ccc(N(c3ccccc3)c3ccc(-c4ccc(N(c5ccccc5)c5ccc(-c6ccccc6)cc5)cc4)cc3)cc2)=CCC1. The van der Waals surface area contributed by atoms with E-state index in [4.69, 9.17) is 0 Å². The van der Waals surface area contributed by atoms with Crippen LogP contribution in [0.2, 0.25) is 0 Å². The van der Waals surface area contributed by atoms with Gasteiger partial charge in [-0.1, -0.05) is 133 Å². The molecule has 0 spiro atoms. The highest BCUT2D eigenvalue weighted by atomic mass is 15.1. The Labute approximate surface area is 295 Å². The van der Waals surface area contributed by atoms with Crippen LogP contribution in [0, 0.1) is 0 Å². The smallest absolute Gasteiger partial charge is 0.0462 e. The van der Waals surface area contributed by atoms with Crippen LogP contribution in [0.4, 0.5) is 34.1 Å². The van der Waals surface area contributed by atoms with E-state index in [1.807, 2.05) is 0 Å². The number of nitrogens with zero attached hydrogens (tertiary/aromatic N) is 2. The van der Waals surface area contributed by atoms with Gasteiger partial charge in [0.25, 0.3) is 0 Å². The molecule has 2 heteroatoms. The van der Waals surface area contributed by atoms with Crippen molar-refractivity contribution in [2.75, 3.05) is 9.80 Å². The van der Waals surface area contributed by atoms with Gasteiger partial charge in [-0.15, -0.1) is 0 Å². The quantitative estimate of drug-likeness (QED) is 0.155. The molecule has 0 saturated heterocycles. The van der Waals surface area contributed by atoms with Gasteiger partial charge in [-0.3, -0.25) is 0 Å². The molecule has 0 saturated carbocycles. The maximum atomic E-state index is 2.33. The molecule has 0 aliphatic heterocycles. The van der Waals surface area contributed by atoms with Crippen LogP contribution < -0.4 is 9.80 Å². The Kier molecular flexibility index (Phi) is 8.90. The largest absolute Gasteiger partial charge is 0.311 e. The van der Waals surface area contributed by atoms with E-state index >= 15 is 0 Å². The fraction of sp³-hybridized carbons (Fsp3) is 0.0417. The molecule has 0 aromatic heterocycles. The van der Waals surface area contributed by atoms with E-state index in [0.29, 0.717) is 0 Å². The molecule has 1 aliphatic rings. The Morgan fingerprint density at radius 2 is 0.600 bits per heavy atom. The van der Waals surface area contributed by atoms with Gasteiger partial charge in [-0.2, -0.15) is 0 Å². The number of hydrogen-bond donors (Lipinski definition) is 0. The van der Waals surface area contributed by atoms with E-state index < -0.39 is 0 Å². The first kappa shape index (κ1) is 30.9. The Morgan fingerprint density at radius 3 is 0.960 bits per heavy atom. The molecule has 0 bridgehead atoms. The number of benzene rings is 7. The molecule has 0 amide bonds. The Bertz CT molecular complexity index is 2200. The normalized spacial score (nSPS) is 12.3. The molecule has 8 rings (SSSR count). The summed E-state index contributed by atoms with van der Waals surface area (Å²) in [7, 11) is 0. The second-order valence-electron chi connectivity index (χ2n) is 12.5. The first-order valence-corrected chi connectivity index (χ1v) is 17.3. The summed E-state index contributed by atoms with van der Waals surface area (Å²) in [6.07, 6.45) is 9.06. The van der Waals surface area contributed by atoms with Crippen LogP contribution in [-0.4, -0.2) is 0 Å². The van der Waals surface area contributed by atoms with Crippen molar-refractivity contribution in [2.45, 2.75) is 12.8 Å². The fourth-order valence-electron chi connectivity index (χ4n) is 6.72. The third-order valence-electron chi connectivity index (χ3n) is 9.30. The lowest BCUT2D eigenvalue weighted by molar-refractivity contribution is 1.04. The van der Waals surface area contributed by atoms with E-state index in [1.165, 1.54) is 33.4 Å². The zero-order valence-electron chi connectivity index (χ0n) is 27.9. The van der Waals surface area contributed by atoms with Crippen molar-refractivity contribution in [1.29, 1.82) is 0 Å². The maximum absolute atomic E-state index is 2.33. The van der Waals surface area contributed by atoms with Crippen molar-refractivity contribution < 1.29 is 0 Å². The van der Waals surface area contributed by atoms with Gasteiger partial charge in [0.1, 0.15) is 0 Å². The Balaban J connectivity index is 1.07. The van der Waals surface area contributed by atoms with Crippen molar-refractivity contribution in [2.24, 2.45) is 0 Å². The highest BCUT2D eigenvalue weighted by Gasteiger charge is 2.15. The molecule has 0 unspecified atom stereocenters. The number of rotatable bonds is 9. The lowest BCUT2D eigenvalue weighted by atomic mass is 9.99. The molecule has 0 radical (unpaired) electrons. The number of hydrogen-bond acceptors (Lipinski definition) is 2. The summed E-state index contributed by atoms with van der Waals surface area (Å²) >= 11 is 0. The Hall–Kier alpha value is -6.38. The molecule has 0 N–H and O–H groups in total. The van der Waals surface area contributed by atoms with Gasteiger partial charge in [0.2, 0.25) is 0 Å². The van der Waals surface area contributed by atoms with E-state index in [1.54, 1.807) is 0 Å². The molecule has 0 fully saturated rings. The van der Waals surface area contributed by atoms with Gasteiger partial charge in [0.15, 0.2) is 0 Å². The summed E-state index contributed by atoms with van der Waals surface area (Å²) in [5.41, 5.74) is 14.1. The summed E-state index contributed by atoms with van der Waals surface area (Å²) in [6.45, 7) is 0. The lowest BCUT2D eigenvalue weighted by Gasteiger charge is -2.26. The summed E-state index contributed by atoms with van der Waals surface area (Å²) in [5, 5.41) is 0. The second kappa shape index (κ2) is 14.4. The highest BCUT2D eigenvalue weighted by Crippen LogP contribution is 2.39. The first-order valence-electron chi connectivity index (χ1n) is 17.3. The minimum atomic E-state index is 1.10. The van der Waals surface area contributed by atoms with Crippen LogP contribution >= 0.6 is 0 Å². The molecular weight excluding hydrogens is 605 g/mol. The minimum absolute atomic E-state index is 1.10. The van der Waals surface area contributed by atoms with Crippen molar-refractivity contribution in [3.63, 3.8) is 0 Å². The van der Waals surface area contributed by atoms with Crippen molar-refractivity contribution in [3.05, 3.63) is 212 Å². The fourth-order valence-corrected chi connectivity index (χ4v) is 6.72. The zero-order valence-corrected chi connectivity index (χ0v) is 27.9. The molecule has 0 heterocycles. The van der Waals surface area contributed by atoms with Gasteiger partial charge in [-0.25, -0.2) is 0 Å². The van der Waals surface area contributed by atoms with Crippen molar-refractivity contribution in [3.8, 4) is 22.3 Å². The molecule has 240 valence electrons. The van der Waals surface area contributed by atoms with Crippen LogP contribution in [-0.2, 0) is 0 Å². The molecule has 7 aromatic rings. The van der Waals surface area contributed by atoms with E-state index in [2.05, 4.69) is 216 Å². The van der Waals surface area contributed by atoms with Crippen molar-refractivity contribution >= 4 is 39.7 Å². The zero-order chi connectivity index (χ0) is 33.5. The molecule has 1 aliphatic carbocycles. The first-order chi connectivity index (χ1) is 24.8. The highest BCUT2D eigenvalue weighted by molar-refractivity contribution is 5.82. The molecule has 0 atom stereocenters. The molecule has 50 heavy (non-hydrogen) atoms. The monoisotopic (exact) mass is 642 g/mol. The predicted octanol–water partition coefficient (Wildman–Crippen LogP) is 13.7. The summed E-state index contributed by atoms with van der Waals surface area (Å²) in [6, 6.07) is 67.2. The molecule has 7 aromatic carbocycles. The number of anilines is 6.